The van der Waals surface area contributed by atoms with Gasteiger partial charge in [0.15, 0.2) is 5.78 Å². The van der Waals surface area contributed by atoms with Crippen molar-refractivity contribution >= 4 is 62.0 Å². The molecule has 0 aliphatic rings. The van der Waals surface area contributed by atoms with Crippen LogP contribution in [0.1, 0.15) is 21.5 Å². The number of hydrogen-bond donors (Lipinski definition) is 1. The molecule has 0 bridgehead atoms. The molecule has 28 heavy (non-hydrogen) atoms. The molecule has 0 atom stereocenters. The first kappa shape index (κ1) is 20.5. The SMILES string of the molecule is Cc1ccc(C(=O)/C(=C/c2ccc(Br)cc2)C(=O)Nc2ccc(I)cc2)cc1. The van der Waals surface area contributed by atoms with Crippen LogP contribution in [-0.2, 0) is 4.79 Å². The Bertz CT molecular complexity index is 1020. The zero-order chi connectivity index (χ0) is 20.1. The van der Waals surface area contributed by atoms with Crippen molar-refractivity contribution in [2.75, 3.05) is 5.32 Å². The molecule has 0 heterocycles. The zero-order valence-corrected chi connectivity index (χ0v) is 18.8. The molecule has 1 N–H and O–H groups in total. The van der Waals surface area contributed by atoms with E-state index in [9.17, 15) is 9.59 Å². The summed E-state index contributed by atoms with van der Waals surface area (Å²) in [4.78, 5) is 26.0. The number of hydrogen-bond acceptors (Lipinski definition) is 2. The number of carbonyl (C=O) groups excluding carboxylic acids is 2. The van der Waals surface area contributed by atoms with E-state index in [-0.39, 0.29) is 11.4 Å². The van der Waals surface area contributed by atoms with Gasteiger partial charge in [-0.2, -0.15) is 0 Å². The smallest absolute Gasteiger partial charge is 0.259 e. The third-order valence-electron chi connectivity index (χ3n) is 4.09. The van der Waals surface area contributed by atoms with Crippen molar-refractivity contribution < 1.29 is 9.59 Å². The first-order chi connectivity index (χ1) is 13.4. The largest absolute Gasteiger partial charge is 0.322 e. The Morgan fingerprint density at radius 1 is 0.893 bits per heavy atom. The summed E-state index contributed by atoms with van der Waals surface area (Å²) in [6.45, 7) is 1.95. The third kappa shape index (κ3) is 5.39. The highest BCUT2D eigenvalue weighted by atomic mass is 127. The second kappa shape index (κ2) is 9.30. The second-order valence-corrected chi connectivity index (χ2v) is 8.43. The number of halogens is 2. The van der Waals surface area contributed by atoms with Gasteiger partial charge < -0.3 is 5.32 Å². The molecule has 0 saturated carbocycles. The molecule has 0 fully saturated rings. The molecule has 3 rings (SSSR count). The fourth-order valence-electron chi connectivity index (χ4n) is 2.55. The van der Waals surface area contributed by atoms with Crippen molar-refractivity contribution in [2.24, 2.45) is 0 Å². The summed E-state index contributed by atoms with van der Waals surface area (Å²) in [5, 5.41) is 2.82. The minimum Gasteiger partial charge on any atom is -0.322 e. The Balaban J connectivity index is 1.96. The molecule has 5 heteroatoms. The Morgan fingerprint density at radius 2 is 1.50 bits per heavy atom. The van der Waals surface area contributed by atoms with Crippen LogP contribution in [-0.4, -0.2) is 11.7 Å². The Morgan fingerprint density at radius 3 is 2.11 bits per heavy atom. The number of amides is 1. The van der Waals surface area contributed by atoms with E-state index in [1.807, 2.05) is 67.6 Å². The van der Waals surface area contributed by atoms with Crippen LogP contribution in [0.25, 0.3) is 6.08 Å². The van der Waals surface area contributed by atoms with Gasteiger partial charge in [-0.25, -0.2) is 0 Å². The zero-order valence-electron chi connectivity index (χ0n) is 15.1. The van der Waals surface area contributed by atoms with Gasteiger partial charge in [-0.1, -0.05) is 57.9 Å². The maximum absolute atomic E-state index is 13.1. The van der Waals surface area contributed by atoms with E-state index < -0.39 is 5.91 Å². The first-order valence-electron chi connectivity index (χ1n) is 8.58. The van der Waals surface area contributed by atoms with Crippen LogP contribution in [0.15, 0.2) is 82.8 Å². The number of benzene rings is 3. The predicted molar refractivity (Wildman–Crippen MR) is 125 cm³/mol. The molecule has 3 aromatic rings. The molecule has 140 valence electrons. The number of aryl methyl sites for hydroxylation is 1. The first-order valence-corrected chi connectivity index (χ1v) is 10.4. The lowest BCUT2D eigenvalue weighted by Crippen LogP contribution is -2.20. The molecule has 0 saturated heterocycles. The van der Waals surface area contributed by atoms with Crippen LogP contribution in [0.4, 0.5) is 5.69 Å². The Kier molecular flexibility index (Phi) is 6.80. The van der Waals surface area contributed by atoms with Crippen LogP contribution in [0, 0.1) is 10.5 Å². The lowest BCUT2D eigenvalue weighted by atomic mass is 9.99. The summed E-state index contributed by atoms with van der Waals surface area (Å²) in [5.74, 6) is -0.749. The maximum atomic E-state index is 13.1. The molecule has 0 radical (unpaired) electrons. The summed E-state index contributed by atoms with van der Waals surface area (Å²) >= 11 is 5.60. The van der Waals surface area contributed by atoms with E-state index in [1.165, 1.54) is 0 Å². The van der Waals surface area contributed by atoms with E-state index in [0.717, 1.165) is 19.2 Å². The number of ketones is 1. The Hall–Kier alpha value is -2.25. The minimum absolute atomic E-state index is 0.0877. The highest BCUT2D eigenvalue weighted by molar-refractivity contribution is 14.1. The van der Waals surface area contributed by atoms with E-state index in [4.69, 9.17) is 0 Å². The monoisotopic (exact) mass is 545 g/mol. The van der Waals surface area contributed by atoms with Gasteiger partial charge in [-0.05, 0) is 77.6 Å². The lowest BCUT2D eigenvalue weighted by Gasteiger charge is -2.10. The topological polar surface area (TPSA) is 46.2 Å². The summed E-state index contributed by atoms with van der Waals surface area (Å²) < 4.78 is 2.00. The summed E-state index contributed by atoms with van der Waals surface area (Å²) in [7, 11) is 0. The summed E-state index contributed by atoms with van der Waals surface area (Å²) in [5.41, 5.74) is 3.04. The average Bonchev–Trinajstić information content (AvgIpc) is 2.69. The van der Waals surface area contributed by atoms with Crippen molar-refractivity contribution in [2.45, 2.75) is 6.92 Å². The lowest BCUT2D eigenvalue weighted by molar-refractivity contribution is -0.112. The van der Waals surface area contributed by atoms with Gasteiger partial charge in [-0.3, -0.25) is 9.59 Å². The normalized spacial score (nSPS) is 11.2. The number of carbonyl (C=O) groups is 2. The fraction of sp³-hybridized carbons (Fsp3) is 0.0435. The minimum atomic E-state index is -0.435. The van der Waals surface area contributed by atoms with E-state index in [2.05, 4.69) is 43.8 Å². The number of Topliss-reactive ketones (excluding diaryl/α,β-unsaturated/α-hetero) is 1. The fourth-order valence-corrected chi connectivity index (χ4v) is 3.18. The van der Waals surface area contributed by atoms with Gasteiger partial charge in [0.25, 0.3) is 5.91 Å². The van der Waals surface area contributed by atoms with Crippen molar-refractivity contribution in [3.63, 3.8) is 0 Å². The molecule has 1 amide bonds. The van der Waals surface area contributed by atoms with Crippen LogP contribution >= 0.6 is 38.5 Å². The highest BCUT2D eigenvalue weighted by Crippen LogP contribution is 2.19. The van der Waals surface area contributed by atoms with Gasteiger partial charge in [0.1, 0.15) is 0 Å². The van der Waals surface area contributed by atoms with E-state index in [1.54, 1.807) is 18.2 Å². The summed E-state index contributed by atoms with van der Waals surface area (Å²) in [6, 6.07) is 22.1. The van der Waals surface area contributed by atoms with Crippen LogP contribution in [0.5, 0.6) is 0 Å². The predicted octanol–water partition coefficient (Wildman–Crippen LogP) is 6.27. The molecule has 0 spiro atoms. The van der Waals surface area contributed by atoms with Gasteiger partial charge in [0, 0.05) is 19.3 Å². The van der Waals surface area contributed by atoms with E-state index >= 15 is 0 Å². The van der Waals surface area contributed by atoms with Crippen molar-refractivity contribution in [1.29, 1.82) is 0 Å². The van der Waals surface area contributed by atoms with Crippen molar-refractivity contribution in [1.82, 2.24) is 0 Å². The average molecular weight is 546 g/mol. The van der Waals surface area contributed by atoms with Crippen LogP contribution in [0.2, 0.25) is 0 Å². The standard InChI is InChI=1S/C23H17BrINO2/c1-15-2-6-17(7-3-15)22(27)21(14-16-4-8-18(24)9-5-16)23(28)26-20-12-10-19(25)11-13-20/h2-14H,1H3,(H,26,28)/b21-14-. The van der Waals surface area contributed by atoms with Gasteiger partial charge in [0.2, 0.25) is 0 Å². The molecular formula is C23H17BrINO2. The van der Waals surface area contributed by atoms with Crippen LogP contribution < -0.4 is 5.32 Å². The molecule has 3 nitrogen and oxygen atoms in total. The number of nitrogens with one attached hydrogen (secondary N) is 1. The van der Waals surface area contributed by atoms with Gasteiger partial charge in [-0.15, -0.1) is 0 Å². The molecular weight excluding hydrogens is 529 g/mol. The molecule has 0 unspecified atom stereocenters. The molecule has 0 aliphatic heterocycles. The molecule has 3 aromatic carbocycles. The number of rotatable bonds is 5. The third-order valence-corrected chi connectivity index (χ3v) is 5.33. The van der Waals surface area contributed by atoms with E-state index in [0.29, 0.717) is 11.3 Å². The molecule has 0 aromatic heterocycles. The Labute approximate surface area is 186 Å². The number of anilines is 1. The quantitative estimate of drug-likeness (QED) is 0.135. The molecule has 0 aliphatic carbocycles. The maximum Gasteiger partial charge on any atom is 0.259 e. The van der Waals surface area contributed by atoms with Gasteiger partial charge in [0.05, 0.1) is 5.57 Å². The van der Waals surface area contributed by atoms with Crippen molar-refractivity contribution in [3.8, 4) is 0 Å². The summed E-state index contributed by atoms with van der Waals surface area (Å²) in [6.07, 6.45) is 1.62. The van der Waals surface area contributed by atoms with Gasteiger partial charge >= 0.3 is 0 Å². The highest BCUT2D eigenvalue weighted by Gasteiger charge is 2.20. The van der Waals surface area contributed by atoms with Crippen LogP contribution in [0.3, 0.4) is 0 Å². The second-order valence-electron chi connectivity index (χ2n) is 6.27. The van der Waals surface area contributed by atoms with Crippen molar-refractivity contribution in [3.05, 3.63) is 103 Å².